The molecule has 0 spiro atoms. The molecule has 0 radical (unpaired) electrons. The maximum Gasteiger partial charge on any atom is 0.338 e. The highest BCUT2D eigenvalue weighted by molar-refractivity contribution is 7.97. The van der Waals surface area contributed by atoms with E-state index in [4.69, 9.17) is 4.74 Å². The zero-order valence-corrected chi connectivity index (χ0v) is 11.1. The van der Waals surface area contributed by atoms with E-state index < -0.39 is 0 Å². The Bertz CT molecular complexity index is 386. The zero-order valence-electron chi connectivity index (χ0n) is 10.3. The van der Waals surface area contributed by atoms with Gasteiger partial charge in [-0.05, 0) is 42.2 Å². The summed E-state index contributed by atoms with van der Waals surface area (Å²) in [5, 5.41) is 0. The first kappa shape index (κ1) is 12.5. The SMILES string of the molecule is CSCc1ccc(C(=O)OCC2CC2C)cc1. The molecule has 2 rings (SSSR count). The Balaban J connectivity index is 1.85. The number of esters is 1. The number of ether oxygens (including phenoxy) is 1. The van der Waals surface area contributed by atoms with Crippen molar-refractivity contribution in [3.05, 3.63) is 35.4 Å². The highest BCUT2D eigenvalue weighted by Gasteiger charge is 2.33. The van der Waals surface area contributed by atoms with Crippen LogP contribution in [0.2, 0.25) is 0 Å². The summed E-state index contributed by atoms with van der Waals surface area (Å²) < 4.78 is 5.28. The third-order valence-electron chi connectivity index (χ3n) is 3.21. The molecule has 0 aromatic heterocycles. The maximum absolute atomic E-state index is 11.7. The fourth-order valence-corrected chi connectivity index (χ4v) is 2.33. The highest BCUT2D eigenvalue weighted by atomic mass is 32.2. The van der Waals surface area contributed by atoms with Gasteiger partial charge in [-0.3, -0.25) is 0 Å². The minimum atomic E-state index is -0.195. The molecule has 1 saturated carbocycles. The summed E-state index contributed by atoms with van der Waals surface area (Å²) in [5.41, 5.74) is 1.90. The molecule has 92 valence electrons. The summed E-state index contributed by atoms with van der Waals surface area (Å²) in [7, 11) is 0. The Kier molecular flexibility index (Phi) is 4.11. The van der Waals surface area contributed by atoms with Crippen molar-refractivity contribution in [2.24, 2.45) is 11.8 Å². The highest BCUT2D eigenvalue weighted by Crippen LogP contribution is 2.37. The Morgan fingerprint density at radius 3 is 2.59 bits per heavy atom. The lowest BCUT2D eigenvalue weighted by Crippen LogP contribution is -2.08. The van der Waals surface area contributed by atoms with Crippen LogP contribution < -0.4 is 0 Å². The number of hydrogen-bond acceptors (Lipinski definition) is 3. The molecule has 1 aliphatic carbocycles. The fourth-order valence-electron chi connectivity index (χ4n) is 1.80. The third kappa shape index (κ3) is 3.50. The molecule has 2 nitrogen and oxygen atoms in total. The van der Waals surface area contributed by atoms with E-state index in [0.29, 0.717) is 18.1 Å². The summed E-state index contributed by atoms with van der Waals surface area (Å²) in [6, 6.07) is 7.69. The summed E-state index contributed by atoms with van der Waals surface area (Å²) in [6.45, 7) is 2.77. The standard InChI is InChI=1S/C14H18O2S/c1-10-7-13(10)8-16-14(15)12-5-3-11(4-6-12)9-17-2/h3-6,10,13H,7-9H2,1-2H3. The van der Waals surface area contributed by atoms with Gasteiger partial charge >= 0.3 is 5.97 Å². The van der Waals surface area contributed by atoms with Gasteiger partial charge in [0.1, 0.15) is 0 Å². The van der Waals surface area contributed by atoms with Gasteiger partial charge in [-0.1, -0.05) is 19.1 Å². The maximum atomic E-state index is 11.7. The number of rotatable bonds is 5. The Morgan fingerprint density at radius 2 is 2.06 bits per heavy atom. The van der Waals surface area contributed by atoms with E-state index in [1.165, 1.54) is 12.0 Å². The minimum Gasteiger partial charge on any atom is -0.462 e. The molecular formula is C14H18O2S. The van der Waals surface area contributed by atoms with Crippen LogP contribution in [0.1, 0.15) is 29.3 Å². The van der Waals surface area contributed by atoms with Gasteiger partial charge in [-0.15, -0.1) is 0 Å². The molecule has 1 aliphatic rings. The van der Waals surface area contributed by atoms with Gasteiger partial charge in [0.15, 0.2) is 0 Å². The van der Waals surface area contributed by atoms with Crippen molar-refractivity contribution in [3.63, 3.8) is 0 Å². The monoisotopic (exact) mass is 250 g/mol. The molecule has 3 heteroatoms. The Morgan fingerprint density at radius 1 is 1.41 bits per heavy atom. The van der Waals surface area contributed by atoms with Crippen molar-refractivity contribution in [2.75, 3.05) is 12.9 Å². The molecule has 0 saturated heterocycles. The van der Waals surface area contributed by atoms with Crippen LogP contribution in [0.25, 0.3) is 0 Å². The van der Waals surface area contributed by atoms with E-state index in [2.05, 4.69) is 13.2 Å². The van der Waals surface area contributed by atoms with E-state index >= 15 is 0 Å². The van der Waals surface area contributed by atoms with Crippen LogP contribution in [0.15, 0.2) is 24.3 Å². The molecule has 1 aromatic rings. The van der Waals surface area contributed by atoms with Gasteiger partial charge in [-0.25, -0.2) is 4.79 Å². The van der Waals surface area contributed by atoms with Crippen molar-refractivity contribution in [1.82, 2.24) is 0 Å². The van der Waals surface area contributed by atoms with Crippen LogP contribution in [0, 0.1) is 11.8 Å². The van der Waals surface area contributed by atoms with Gasteiger partial charge in [0.05, 0.1) is 12.2 Å². The van der Waals surface area contributed by atoms with E-state index in [9.17, 15) is 4.79 Å². The number of carbonyl (C=O) groups excluding carboxylic acids is 1. The fraction of sp³-hybridized carbons (Fsp3) is 0.500. The topological polar surface area (TPSA) is 26.3 Å². The van der Waals surface area contributed by atoms with E-state index in [-0.39, 0.29) is 5.97 Å². The summed E-state index contributed by atoms with van der Waals surface area (Å²) in [6.07, 6.45) is 3.26. The molecule has 1 fully saturated rings. The second-order valence-corrected chi connectivity index (χ2v) is 5.57. The molecule has 1 aromatic carbocycles. The second-order valence-electron chi connectivity index (χ2n) is 4.70. The number of hydrogen-bond donors (Lipinski definition) is 0. The van der Waals surface area contributed by atoms with Crippen LogP contribution >= 0.6 is 11.8 Å². The van der Waals surface area contributed by atoms with Gasteiger partial charge < -0.3 is 4.74 Å². The first-order valence-electron chi connectivity index (χ1n) is 5.95. The predicted octanol–water partition coefficient (Wildman–Crippen LogP) is 3.36. The first-order valence-corrected chi connectivity index (χ1v) is 7.35. The molecule has 2 unspecified atom stereocenters. The smallest absolute Gasteiger partial charge is 0.338 e. The van der Waals surface area contributed by atoms with Crippen LogP contribution in [-0.2, 0) is 10.5 Å². The van der Waals surface area contributed by atoms with Crippen molar-refractivity contribution in [3.8, 4) is 0 Å². The normalized spacial score (nSPS) is 22.2. The lowest BCUT2D eigenvalue weighted by atomic mass is 10.1. The van der Waals surface area contributed by atoms with Gasteiger partial charge in [0, 0.05) is 5.75 Å². The predicted molar refractivity (Wildman–Crippen MR) is 71.2 cm³/mol. The molecular weight excluding hydrogens is 232 g/mol. The lowest BCUT2D eigenvalue weighted by Gasteiger charge is -2.05. The second kappa shape index (κ2) is 5.58. The van der Waals surface area contributed by atoms with Gasteiger partial charge in [0.2, 0.25) is 0 Å². The average Bonchev–Trinajstić information content (AvgIpc) is 3.04. The molecule has 0 heterocycles. The molecule has 0 amide bonds. The van der Waals surface area contributed by atoms with Crippen LogP contribution in [0.4, 0.5) is 0 Å². The number of benzene rings is 1. The lowest BCUT2D eigenvalue weighted by molar-refractivity contribution is 0.0481. The summed E-state index contributed by atoms with van der Waals surface area (Å²) in [5.74, 6) is 2.11. The van der Waals surface area contributed by atoms with E-state index in [0.717, 1.165) is 11.7 Å². The summed E-state index contributed by atoms with van der Waals surface area (Å²) in [4.78, 5) is 11.7. The van der Waals surface area contributed by atoms with Crippen molar-refractivity contribution in [2.45, 2.75) is 19.1 Å². The molecule has 17 heavy (non-hydrogen) atoms. The van der Waals surface area contributed by atoms with Crippen LogP contribution in [0.3, 0.4) is 0 Å². The number of carbonyl (C=O) groups is 1. The Hall–Kier alpha value is -0.960. The number of thioether (sulfide) groups is 1. The van der Waals surface area contributed by atoms with Crippen LogP contribution in [0.5, 0.6) is 0 Å². The quantitative estimate of drug-likeness (QED) is 0.750. The zero-order chi connectivity index (χ0) is 12.3. The molecule has 0 bridgehead atoms. The van der Waals surface area contributed by atoms with Crippen LogP contribution in [-0.4, -0.2) is 18.8 Å². The minimum absolute atomic E-state index is 0.195. The van der Waals surface area contributed by atoms with Crippen molar-refractivity contribution in [1.29, 1.82) is 0 Å². The average molecular weight is 250 g/mol. The third-order valence-corrected chi connectivity index (χ3v) is 3.83. The Labute approximate surface area is 107 Å². The van der Waals surface area contributed by atoms with Gasteiger partial charge in [0.25, 0.3) is 0 Å². The first-order chi connectivity index (χ1) is 8.20. The molecule has 0 N–H and O–H groups in total. The van der Waals surface area contributed by atoms with E-state index in [1.54, 1.807) is 11.8 Å². The van der Waals surface area contributed by atoms with E-state index in [1.807, 2.05) is 24.3 Å². The van der Waals surface area contributed by atoms with Crippen molar-refractivity contribution >= 4 is 17.7 Å². The largest absolute Gasteiger partial charge is 0.462 e. The molecule has 2 atom stereocenters. The van der Waals surface area contributed by atoms with Crippen molar-refractivity contribution < 1.29 is 9.53 Å². The van der Waals surface area contributed by atoms with Gasteiger partial charge in [-0.2, -0.15) is 11.8 Å². The molecule has 0 aliphatic heterocycles. The summed E-state index contributed by atoms with van der Waals surface area (Å²) >= 11 is 1.78.